The minimum atomic E-state index is -0.972. The number of hydrogen-bond donors (Lipinski definition) is 1. The Hall–Kier alpha value is -3.79. The number of carbonyl (C=O) groups is 2. The van der Waals surface area contributed by atoms with Crippen molar-refractivity contribution in [3.63, 3.8) is 0 Å². The lowest BCUT2D eigenvalue weighted by atomic mass is 10.1. The normalized spacial score (nSPS) is 10.6. The molecule has 0 atom stereocenters. The molecule has 1 N–H and O–H groups in total. The molecule has 7 heteroatoms. The minimum absolute atomic E-state index is 0.118. The average Bonchev–Trinajstić information content (AvgIpc) is 2.69. The Labute approximate surface area is 162 Å². The summed E-state index contributed by atoms with van der Waals surface area (Å²) in [5, 5.41) is 19.0. The van der Waals surface area contributed by atoms with E-state index < -0.39 is 12.1 Å². The summed E-state index contributed by atoms with van der Waals surface area (Å²) in [5.41, 5.74) is 1.16. The summed E-state index contributed by atoms with van der Waals surface area (Å²) in [7, 11) is 0. The van der Waals surface area contributed by atoms with E-state index in [9.17, 15) is 20.0 Å². The zero-order chi connectivity index (χ0) is 20.4. The van der Waals surface area contributed by atoms with Gasteiger partial charge in [0.25, 0.3) is 0 Å². The summed E-state index contributed by atoms with van der Waals surface area (Å²) in [6.07, 6.45) is 0.837. The van der Waals surface area contributed by atoms with E-state index in [0.717, 1.165) is 5.56 Å². The summed E-state index contributed by atoms with van der Waals surface area (Å²) in [4.78, 5) is 23.5. The van der Waals surface area contributed by atoms with Crippen LogP contribution in [0.25, 0.3) is 6.08 Å². The maximum atomic E-state index is 12.1. The molecule has 2 aromatic rings. The zero-order valence-corrected chi connectivity index (χ0v) is 15.3. The maximum absolute atomic E-state index is 12.1. The number of aromatic hydroxyl groups is 1. The van der Waals surface area contributed by atoms with Crippen LogP contribution in [-0.2, 0) is 20.7 Å². The van der Waals surface area contributed by atoms with Crippen LogP contribution < -0.4 is 4.74 Å². The molecule has 144 valence electrons. The highest BCUT2D eigenvalue weighted by Crippen LogP contribution is 2.28. The number of rotatable bonds is 7. The third kappa shape index (κ3) is 6.18. The van der Waals surface area contributed by atoms with E-state index in [-0.39, 0.29) is 30.3 Å². The van der Waals surface area contributed by atoms with Crippen LogP contribution in [-0.4, -0.2) is 30.4 Å². The SMILES string of the molecule is CCOC(=O)Oc1cc(/C=C(\C#N)C(=O)OCCc2ccccc2)ccc1O. The van der Waals surface area contributed by atoms with E-state index >= 15 is 0 Å². The van der Waals surface area contributed by atoms with Crippen molar-refractivity contribution in [1.82, 2.24) is 0 Å². The summed E-state index contributed by atoms with van der Waals surface area (Å²) >= 11 is 0. The van der Waals surface area contributed by atoms with Gasteiger partial charge in [0.05, 0.1) is 13.2 Å². The number of nitrogens with zero attached hydrogens (tertiary/aromatic N) is 1. The van der Waals surface area contributed by atoms with E-state index in [4.69, 9.17) is 9.47 Å². The van der Waals surface area contributed by atoms with Gasteiger partial charge in [0.1, 0.15) is 11.6 Å². The summed E-state index contributed by atoms with van der Waals surface area (Å²) in [5.74, 6) is -1.20. The number of ether oxygens (including phenoxy) is 3. The molecule has 0 aliphatic carbocycles. The number of hydrogen-bond acceptors (Lipinski definition) is 7. The van der Waals surface area contributed by atoms with Crippen molar-refractivity contribution in [3.8, 4) is 17.6 Å². The number of benzene rings is 2. The molecule has 7 nitrogen and oxygen atoms in total. The van der Waals surface area contributed by atoms with Gasteiger partial charge in [0, 0.05) is 6.42 Å². The molecule has 0 radical (unpaired) electrons. The maximum Gasteiger partial charge on any atom is 0.513 e. The Balaban J connectivity index is 2.05. The lowest BCUT2D eigenvalue weighted by Crippen LogP contribution is -2.10. The van der Waals surface area contributed by atoms with Crippen LogP contribution in [0.5, 0.6) is 11.5 Å². The molecular formula is C21H19NO6. The molecule has 0 fully saturated rings. The first kappa shape index (κ1) is 20.5. The highest BCUT2D eigenvalue weighted by atomic mass is 16.7. The van der Waals surface area contributed by atoms with Crippen LogP contribution in [0.1, 0.15) is 18.1 Å². The Morgan fingerprint density at radius 1 is 1.14 bits per heavy atom. The van der Waals surface area contributed by atoms with Crippen molar-refractivity contribution in [2.75, 3.05) is 13.2 Å². The monoisotopic (exact) mass is 381 g/mol. The molecule has 28 heavy (non-hydrogen) atoms. The lowest BCUT2D eigenvalue weighted by Gasteiger charge is -2.07. The van der Waals surface area contributed by atoms with Crippen molar-refractivity contribution < 1.29 is 28.9 Å². The minimum Gasteiger partial charge on any atom is -0.504 e. The number of carbonyl (C=O) groups excluding carboxylic acids is 2. The molecule has 2 aromatic carbocycles. The van der Waals surface area contributed by atoms with Crippen molar-refractivity contribution in [2.45, 2.75) is 13.3 Å². The second-order valence-corrected chi connectivity index (χ2v) is 5.55. The Kier molecular flexibility index (Phi) is 7.61. The molecule has 0 unspecified atom stereocenters. The predicted molar refractivity (Wildman–Crippen MR) is 100 cm³/mol. The van der Waals surface area contributed by atoms with Crippen LogP contribution in [0.2, 0.25) is 0 Å². The van der Waals surface area contributed by atoms with Crippen LogP contribution in [0.4, 0.5) is 4.79 Å². The molecule has 0 amide bonds. The van der Waals surface area contributed by atoms with Gasteiger partial charge >= 0.3 is 12.1 Å². The molecule has 0 aromatic heterocycles. The molecule has 0 aliphatic heterocycles. The van der Waals surface area contributed by atoms with Crippen LogP contribution >= 0.6 is 0 Å². The average molecular weight is 381 g/mol. The molecule has 0 spiro atoms. The smallest absolute Gasteiger partial charge is 0.504 e. The van der Waals surface area contributed by atoms with E-state index in [2.05, 4.69) is 4.74 Å². The molecule has 2 rings (SSSR count). The topological polar surface area (TPSA) is 106 Å². The van der Waals surface area contributed by atoms with E-state index in [1.54, 1.807) is 13.0 Å². The third-order valence-electron chi connectivity index (χ3n) is 3.56. The van der Waals surface area contributed by atoms with Gasteiger partial charge in [-0.2, -0.15) is 5.26 Å². The summed E-state index contributed by atoms with van der Waals surface area (Å²) in [6, 6.07) is 15.3. The van der Waals surface area contributed by atoms with Crippen LogP contribution in [0, 0.1) is 11.3 Å². The van der Waals surface area contributed by atoms with Crippen LogP contribution in [0.15, 0.2) is 54.1 Å². The fourth-order valence-electron chi connectivity index (χ4n) is 2.23. The standard InChI is InChI=1S/C21H19NO6/c1-2-26-21(25)28-19-13-16(8-9-18(19)23)12-17(14-22)20(24)27-11-10-15-6-4-3-5-7-15/h3-9,12-13,23H,2,10-11H2,1H3/b17-12+. The van der Waals surface area contributed by atoms with Gasteiger partial charge in [-0.25, -0.2) is 9.59 Å². The first-order valence-electron chi connectivity index (χ1n) is 8.54. The van der Waals surface area contributed by atoms with E-state index in [1.807, 2.05) is 30.3 Å². The van der Waals surface area contributed by atoms with Crippen molar-refractivity contribution in [1.29, 1.82) is 5.26 Å². The summed E-state index contributed by atoms with van der Waals surface area (Å²) in [6.45, 7) is 1.87. The summed E-state index contributed by atoms with van der Waals surface area (Å²) < 4.78 is 14.7. The zero-order valence-electron chi connectivity index (χ0n) is 15.3. The number of phenolic OH excluding ortho intramolecular Hbond substituents is 1. The van der Waals surface area contributed by atoms with Gasteiger partial charge in [-0.3, -0.25) is 0 Å². The number of nitriles is 1. The van der Waals surface area contributed by atoms with Gasteiger partial charge < -0.3 is 19.3 Å². The first-order chi connectivity index (χ1) is 13.5. The van der Waals surface area contributed by atoms with Gasteiger partial charge in [0.2, 0.25) is 0 Å². The predicted octanol–water partition coefficient (Wildman–Crippen LogP) is 3.62. The fraction of sp³-hybridized carbons (Fsp3) is 0.190. The van der Waals surface area contributed by atoms with Crippen molar-refractivity contribution in [2.24, 2.45) is 0 Å². The number of esters is 1. The number of phenols is 1. The Bertz CT molecular complexity index is 899. The van der Waals surface area contributed by atoms with Gasteiger partial charge in [-0.15, -0.1) is 0 Å². The highest BCUT2D eigenvalue weighted by molar-refractivity contribution is 5.98. The largest absolute Gasteiger partial charge is 0.513 e. The quantitative estimate of drug-likeness (QED) is 0.338. The van der Waals surface area contributed by atoms with Gasteiger partial charge in [-0.1, -0.05) is 36.4 Å². The van der Waals surface area contributed by atoms with Crippen molar-refractivity contribution >= 4 is 18.2 Å². The molecule has 0 saturated carbocycles. The van der Waals surface area contributed by atoms with E-state index in [1.165, 1.54) is 24.3 Å². The molecule has 0 bridgehead atoms. The lowest BCUT2D eigenvalue weighted by molar-refractivity contribution is -0.138. The van der Waals surface area contributed by atoms with Crippen LogP contribution in [0.3, 0.4) is 0 Å². The molecule has 0 aliphatic rings. The second kappa shape index (κ2) is 10.4. The third-order valence-corrected chi connectivity index (χ3v) is 3.56. The fourth-order valence-corrected chi connectivity index (χ4v) is 2.23. The Morgan fingerprint density at radius 2 is 1.89 bits per heavy atom. The Morgan fingerprint density at radius 3 is 2.57 bits per heavy atom. The highest BCUT2D eigenvalue weighted by Gasteiger charge is 2.13. The first-order valence-corrected chi connectivity index (χ1v) is 8.54. The van der Waals surface area contributed by atoms with Gasteiger partial charge in [0.15, 0.2) is 11.5 Å². The van der Waals surface area contributed by atoms with E-state index in [0.29, 0.717) is 12.0 Å². The molecule has 0 heterocycles. The second-order valence-electron chi connectivity index (χ2n) is 5.55. The van der Waals surface area contributed by atoms with Crippen molar-refractivity contribution in [3.05, 3.63) is 65.2 Å². The molecule has 0 saturated heterocycles. The molecular weight excluding hydrogens is 362 g/mol. The van der Waals surface area contributed by atoms with Gasteiger partial charge in [-0.05, 0) is 36.3 Å².